The number of hydrogen-bond acceptors (Lipinski definition) is 2. The summed E-state index contributed by atoms with van der Waals surface area (Å²) in [6.07, 6.45) is 5.05. The molecule has 1 heterocycles. The Kier molecular flexibility index (Phi) is 6.73. The van der Waals surface area contributed by atoms with Crippen LogP contribution in [0.3, 0.4) is 0 Å². The molecule has 0 unspecified atom stereocenters. The molecule has 0 spiro atoms. The Morgan fingerprint density at radius 1 is 1.36 bits per heavy atom. The first-order valence-corrected chi connectivity index (χ1v) is 3.83. The molecule has 0 aromatic rings. The second kappa shape index (κ2) is 7.28. The Labute approximate surface area is 67.1 Å². The van der Waals surface area contributed by atoms with Gasteiger partial charge in [0, 0.05) is 6.08 Å². The van der Waals surface area contributed by atoms with Crippen molar-refractivity contribution >= 4 is 5.97 Å². The van der Waals surface area contributed by atoms with Crippen molar-refractivity contribution in [3.63, 3.8) is 0 Å². The van der Waals surface area contributed by atoms with Gasteiger partial charge in [-0.15, -0.1) is 0 Å². The average Bonchev–Trinajstić information content (AvgIpc) is 2.09. The maximum absolute atomic E-state index is 9.25. The molecule has 1 aliphatic rings. The maximum Gasteiger partial charge on any atom is 0.327 e. The van der Waals surface area contributed by atoms with Crippen LogP contribution in [0.2, 0.25) is 0 Å². The van der Waals surface area contributed by atoms with E-state index in [1.165, 1.54) is 32.4 Å². The third kappa shape index (κ3) is 9.17. The Balaban J connectivity index is 0.000000187. The molecule has 1 rings (SSSR count). The summed E-state index contributed by atoms with van der Waals surface area (Å²) in [5, 5.41) is 10.9. The first kappa shape index (κ1) is 10.2. The van der Waals surface area contributed by atoms with E-state index < -0.39 is 5.97 Å². The molecule has 11 heavy (non-hydrogen) atoms. The number of carbonyl (C=O) groups is 1. The van der Waals surface area contributed by atoms with E-state index in [-0.39, 0.29) is 0 Å². The van der Waals surface area contributed by atoms with Gasteiger partial charge in [-0.1, -0.05) is 13.0 Å². The van der Waals surface area contributed by atoms with Crippen LogP contribution < -0.4 is 5.32 Å². The van der Waals surface area contributed by atoms with Gasteiger partial charge in [0.25, 0.3) is 0 Å². The zero-order chi connectivity index (χ0) is 8.53. The Hall–Kier alpha value is -0.830. The molecular weight excluding hydrogens is 142 g/mol. The van der Waals surface area contributed by atoms with Gasteiger partial charge in [-0.3, -0.25) is 0 Å². The minimum absolute atomic E-state index is 0.833. The van der Waals surface area contributed by atoms with Crippen molar-refractivity contribution in [3.8, 4) is 0 Å². The van der Waals surface area contributed by atoms with Gasteiger partial charge in [-0.25, -0.2) is 4.79 Å². The van der Waals surface area contributed by atoms with Gasteiger partial charge in [0.05, 0.1) is 0 Å². The van der Waals surface area contributed by atoms with Crippen molar-refractivity contribution in [2.24, 2.45) is 0 Å². The number of nitrogens with one attached hydrogen (secondary N) is 1. The van der Waals surface area contributed by atoms with Crippen molar-refractivity contribution in [1.29, 1.82) is 0 Å². The van der Waals surface area contributed by atoms with Crippen molar-refractivity contribution in [2.45, 2.75) is 19.3 Å². The van der Waals surface area contributed by atoms with Crippen LogP contribution >= 0.6 is 0 Å². The zero-order valence-electron chi connectivity index (χ0n) is 6.68. The van der Waals surface area contributed by atoms with Crippen LogP contribution in [0.5, 0.6) is 0 Å². The lowest BCUT2D eigenvalue weighted by Crippen LogP contribution is -2.21. The highest BCUT2D eigenvalue weighted by Crippen LogP contribution is 1.96. The van der Waals surface area contributed by atoms with E-state index in [2.05, 4.69) is 11.9 Å². The van der Waals surface area contributed by atoms with E-state index in [1.807, 2.05) is 0 Å². The molecule has 2 N–H and O–H groups in total. The first-order chi connectivity index (χ1) is 5.27. The molecule has 3 heteroatoms. The molecule has 0 amide bonds. The van der Waals surface area contributed by atoms with E-state index in [0.717, 1.165) is 6.08 Å². The average molecular weight is 157 g/mol. The van der Waals surface area contributed by atoms with Crippen LogP contribution in [0, 0.1) is 0 Å². The fraction of sp³-hybridized carbons (Fsp3) is 0.625. The monoisotopic (exact) mass is 157 g/mol. The highest BCUT2D eigenvalue weighted by molar-refractivity contribution is 5.78. The molecule has 1 aliphatic heterocycles. The molecule has 0 bridgehead atoms. The number of carboxylic acids is 1. The number of rotatable bonds is 1. The van der Waals surface area contributed by atoms with Crippen LogP contribution in [0.15, 0.2) is 12.7 Å². The Morgan fingerprint density at radius 2 is 1.82 bits per heavy atom. The molecule has 1 saturated heterocycles. The molecule has 0 saturated carbocycles. The molecule has 0 aromatic heterocycles. The predicted octanol–water partition coefficient (Wildman–Crippen LogP) is 1.02. The van der Waals surface area contributed by atoms with Crippen LogP contribution in [-0.2, 0) is 4.79 Å². The van der Waals surface area contributed by atoms with Crippen molar-refractivity contribution in [1.82, 2.24) is 5.32 Å². The Bertz CT molecular complexity index is 108. The summed E-state index contributed by atoms with van der Waals surface area (Å²) in [5.74, 6) is -0.981. The highest BCUT2D eigenvalue weighted by Gasteiger charge is 1.93. The fourth-order valence-electron chi connectivity index (χ4n) is 0.802. The predicted molar refractivity (Wildman–Crippen MR) is 44.6 cm³/mol. The van der Waals surface area contributed by atoms with Crippen LogP contribution in [0.25, 0.3) is 0 Å². The summed E-state index contributed by atoms with van der Waals surface area (Å²) in [6.45, 7) is 5.46. The van der Waals surface area contributed by atoms with Gasteiger partial charge < -0.3 is 10.4 Å². The summed E-state index contributed by atoms with van der Waals surface area (Å²) in [5.41, 5.74) is 0. The van der Waals surface area contributed by atoms with E-state index in [1.54, 1.807) is 0 Å². The summed E-state index contributed by atoms with van der Waals surface area (Å²) >= 11 is 0. The van der Waals surface area contributed by atoms with Crippen LogP contribution in [-0.4, -0.2) is 24.2 Å². The molecular formula is C8H15NO2. The highest BCUT2D eigenvalue weighted by atomic mass is 16.4. The van der Waals surface area contributed by atoms with E-state index in [0.29, 0.717) is 0 Å². The molecule has 0 aliphatic carbocycles. The standard InChI is InChI=1S/C5H11N.C3H4O2/c1-2-4-6-5-3-1;1-2-3(4)5/h6H,1-5H2;2H,1H2,(H,4,5). The molecule has 0 radical (unpaired) electrons. The quantitative estimate of drug-likeness (QED) is 0.559. The maximum atomic E-state index is 9.25. The van der Waals surface area contributed by atoms with Crippen LogP contribution in [0.4, 0.5) is 0 Å². The zero-order valence-corrected chi connectivity index (χ0v) is 6.68. The van der Waals surface area contributed by atoms with Gasteiger partial charge in [-0.2, -0.15) is 0 Å². The number of hydrogen-bond donors (Lipinski definition) is 2. The van der Waals surface area contributed by atoms with Gasteiger partial charge in [0.15, 0.2) is 0 Å². The minimum atomic E-state index is -0.981. The third-order valence-corrected chi connectivity index (χ3v) is 1.38. The lowest BCUT2D eigenvalue weighted by Gasteiger charge is -2.08. The first-order valence-electron chi connectivity index (χ1n) is 3.83. The summed E-state index contributed by atoms with van der Waals surface area (Å²) in [6, 6.07) is 0. The molecule has 0 atom stereocenters. The second-order valence-corrected chi connectivity index (χ2v) is 2.35. The van der Waals surface area contributed by atoms with Gasteiger partial charge in [-0.05, 0) is 25.9 Å². The number of aliphatic carboxylic acids is 1. The summed E-state index contributed by atoms with van der Waals surface area (Å²) < 4.78 is 0. The van der Waals surface area contributed by atoms with Crippen molar-refractivity contribution in [2.75, 3.05) is 13.1 Å². The van der Waals surface area contributed by atoms with Gasteiger partial charge in [0.2, 0.25) is 0 Å². The van der Waals surface area contributed by atoms with Gasteiger partial charge >= 0.3 is 5.97 Å². The fourth-order valence-corrected chi connectivity index (χ4v) is 0.802. The summed E-state index contributed by atoms with van der Waals surface area (Å²) in [4.78, 5) is 9.25. The molecule has 0 aromatic carbocycles. The second-order valence-electron chi connectivity index (χ2n) is 2.35. The largest absolute Gasteiger partial charge is 0.478 e. The van der Waals surface area contributed by atoms with Gasteiger partial charge in [0.1, 0.15) is 0 Å². The van der Waals surface area contributed by atoms with Crippen molar-refractivity contribution < 1.29 is 9.90 Å². The molecule has 3 nitrogen and oxygen atoms in total. The number of piperidine rings is 1. The molecule has 1 fully saturated rings. The van der Waals surface area contributed by atoms with Crippen LogP contribution in [0.1, 0.15) is 19.3 Å². The Morgan fingerprint density at radius 3 is 1.91 bits per heavy atom. The van der Waals surface area contributed by atoms with Crippen molar-refractivity contribution in [3.05, 3.63) is 12.7 Å². The third-order valence-electron chi connectivity index (χ3n) is 1.38. The van der Waals surface area contributed by atoms with E-state index in [9.17, 15) is 4.79 Å². The normalized spacial score (nSPS) is 16.0. The van der Waals surface area contributed by atoms with E-state index in [4.69, 9.17) is 5.11 Å². The lowest BCUT2D eigenvalue weighted by atomic mass is 10.2. The minimum Gasteiger partial charge on any atom is -0.478 e. The lowest BCUT2D eigenvalue weighted by molar-refractivity contribution is -0.131. The SMILES string of the molecule is C1CCNCC1.C=CC(=O)O. The van der Waals surface area contributed by atoms with E-state index >= 15 is 0 Å². The topological polar surface area (TPSA) is 49.3 Å². The smallest absolute Gasteiger partial charge is 0.327 e. The number of carboxylic acid groups (broad SMARTS) is 1. The molecule has 64 valence electrons. The summed E-state index contributed by atoms with van der Waals surface area (Å²) in [7, 11) is 0.